The van der Waals surface area contributed by atoms with Crippen LogP contribution in [0.25, 0.3) is 0 Å². The molecule has 0 saturated carbocycles. The van der Waals surface area contributed by atoms with Crippen molar-refractivity contribution < 1.29 is 5.11 Å². The first-order valence-electron chi connectivity index (χ1n) is 3.16. The summed E-state index contributed by atoms with van der Waals surface area (Å²) in [4.78, 5) is 0. The molecule has 4 nitrogen and oxygen atoms in total. The molecule has 0 aliphatic rings. The van der Waals surface area contributed by atoms with E-state index in [0.717, 1.165) is 5.57 Å². The summed E-state index contributed by atoms with van der Waals surface area (Å²) >= 11 is 0. The van der Waals surface area contributed by atoms with Crippen LogP contribution >= 0.6 is 0 Å². The highest BCUT2D eigenvalue weighted by molar-refractivity contribution is 5.02. The van der Waals surface area contributed by atoms with Crippen molar-refractivity contribution in [3.63, 3.8) is 0 Å². The molecule has 1 unspecified atom stereocenters. The molecule has 60 valence electrons. The lowest BCUT2D eigenvalue weighted by molar-refractivity contribution is 0.147. The zero-order chi connectivity index (χ0) is 8.15. The van der Waals surface area contributed by atoms with Crippen molar-refractivity contribution in [2.75, 3.05) is 0 Å². The van der Waals surface area contributed by atoms with Crippen molar-refractivity contribution in [1.29, 1.82) is 0 Å². The Morgan fingerprint density at radius 2 is 2.20 bits per heavy atom. The van der Waals surface area contributed by atoms with Gasteiger partial charge in [0, 0.05) is 0 Å². The van der Waals surface area contributed by atoms with Gasteiger partial charge < -0.3 is 16.6 Å². The van der Waals surface area contributed by atoms with Gasteiger partial charge in [0.05, 0.1) is 6.17 Å². The minimum Gasteiger partial charge on any atom is -0.405 e. The van der Waals surface area contributed by atoms with E-state index >= 15 is 0 Å². The zero-order valence-corrected chi connectivity index (χ0v) is 6.33. The molecule has 2 atom stereocenters. The highest BCUT2D eigenvalue weighted by atomic mass is 16.3. The summed E-state index contributed by atoms with van der Waals surface area (Å²) in [6.07, 6.45) is 0.454. The first-order chi connectivity index (χ1) is 4.57. The van der Waals surface area contributed by atoms with Crippen molar-refractivity contribution >= 4 is 0 Å². The first kappa shape index (κ1) is 9.42. The first-order valence-corrected chi connectivity index (χ1v) is 3.16. The molecular weight excluding hydrogens is 130 g/mol. The molecule has 0 rings (SSSR count). The molecular formula is C6H15N3O. The fraction of sp³-hybridized carbons (Fsp3) is 0.667. The topological polar surface area (TPSA) is 84.3 Å². The van der Waals surface area contributed by atoms with Crippen LogP contribution in [-0.4, -0.2) is 17.5 Å². The Labute approximate surface area is 60.9 Å². The van der Waals surface area contributed by atoms with E-state index in [1.54, 1.807) is 13.8 Å². The lowest BCUT2D eigenvalue weighted by atomic mass is 10.2. The van der Waals surface area contributed by atoms with Gasteiger partial charge in [-0.05, 0) is 25.6 Å². The van der Waals surface area contributed by atoms with Crippen LogP contribution < -0.4 is 16.8 Å². The molecule has 10 heavy (non-hydrogen) atoms. The Bertz CT molecular complexity index is 122. The van der Waals surface area contributed by atoms with Gasteiger partial charge in [0.25, 0.3) is 0 Å². The lowest BCUT2D eigenvalue weighted by Crippen LogP contribution is -2.43. The van der Waals surface area contributed by atoms with Gasteiger partial charge in [0.2, 0.25) is 0 Å². The Balaban J connectivity index is 3.73. The van der Waals surface area contributed by atoms with Crippen LogP contribution in [0.5, 0.6) is 0 Å². The Morgan fingerprint density at radius 1 is 1.70 bits per heavy atom. The van der Waals surface area contributed by atoms with E-state index in [9.17, 15) is 0 Å². The van der Waals surface area contributed by atoms with Crippen LogP contribution in [0.4, 0.5) is 0 Å². The third kappa shape index (κ3) is 3.45. The third-order valence-electron chi connectivity index (χ3n) is 1.17. The van der Waals surface area contributed by atoms with E-state index in [4.69, 9.17) is 16.6 Å². The summed E-state index contributed by atoms with van der Waals surface area (Å²) in [5.74, 6) is 0. The molecule has 6 N–H and O–H groups in total. The molecule has 0 aromatic rings. The lowest BCUT2D eigenvalue weighted by Gasteiger charge is -2.15. The van der Waals surface area contributed by atoms with Crippen molar-refractivity contribution in [3.8, 4) is 0 Å². The van der Waals surface area contributed by atoms with E-state index in [1.807, 2.05) is 0 Å². The SMILES string of the molecule is C/C(=C/N)[C@@H](N)NC(C)O. The van der Waals surface area contributed by atoms with E-state index in [2.05, 4.69) is 5.32 Å². The van der Waals surface area contributed by atoms with Gasteiger partial charge in [-0.2, -0.15) is 0 Å². The average Bonchev–Trinajstić information content (AvgIpc) is 1.85. The van der Waals surface area contributed by atoms with Crippen LogP contribution in [-0.2, 0) is 0 Å². The summed E-state index contributed by atoms with van der Waals surface area (Å²) in [6, 6.07) is 0. The molecule has 0 bridgehead atoms. The molecule has 0 aromatic heterocycles. The highest BCUT2D eigenvalue weighted by Crippen LogP contribution is 1.92. The van der Waals surface area contributed by atoms with Crippen LogP contribution in [0, 0.1) is 0 Å². The quantitative estimate of drug-likeness (QED) is 0.386. The molecule has 4 heteroatoms. The maximum Gasteiger partial charge on any atom is 0.103 e. The van der Waals surface area contributed by atoms with Crippen molar-refractivity contribution in [3.05, 3.63) is 11.8 Å². The molecule has 0 aromatic carbocycles. The molecule has 0 radical (unpaired) electrons. The molecule has 0 amide bonds. The second-order valence-corrected chi connectivity index (χ2v) is 2.23. The number of hydrogen-bond donors (Lipinski definition) is 4. The number of nitrogens with one attached hydrogen (secondary N) is 1. The molecule has 0 fully saturated rings. The van der Waals surface area contributed by atoms with Crippen molar-refractivity contribution in [2.45, 2.75) is 26.2 Å². The smallest absolute Gasteiger partial charge is 0.103 e. The van der Waals surface area contributed by atoms with Gasteiger partial charge in [-0.3, -0.25) is 5.32 Å². The molecule has 0 spiro atoms. The average molecular weight is 145 g/mol. The normalized spacial score (nSPS) is 18.6. The maximum absolute atomic E-state index is 8.81. The Kier molecular flexibility index (Phi) is 4.02. The standard InChI is InChI=1S/C6H15N3O/c1-4(3-7)6(8)9-5(2)10/h3,5-6,9-10H,7-8H2,1-2H3/b4-3-/t5?,6-/m0/s1. The predicted octanol–water partition coefficient (Wildman–Crippen LogP) is -0.938. The third-order valence-corrected chi connectivity index (χ3v) is 1.17. The van der Waals surface area contributed by atoms with Crippen LogP contribution in [0.2, 0.25) is 0 Å². The summed E-state index contributed by atoms with van der Waals surface area (Å²) in [5, 5.41) is 11.5. The minimum absolute atomic E-state index is 0.356. The number of rotatable bonds is 3. The number of aliphatic hydroxyl groups excluding tert-OH is 1. The number of aliphatic hydroxyl groups is 1. The van der Waals surface area contributed by atoms with Gasteiger partial charge in [-0.1, -0.05) is 0 Å². The Morgan fingerprint density at radius 3 is 2.50 bits per heavy atom. The van der Waals surface area contributed by atoms with Gasteiger partial charge >= 0.3 is 0 Å². The zero-order valence-electron chi connectivity index (χ0n) is 6.33. The fourth-order valence-corrected chi connectivity index (χ4v) is 0.495. The Hall–Kier alpha value is -0.580. The minimum atomic E-state index is -0.607. The molecule has 0 aliphatic heterocycles. The molecule has 0 heterocycles. The predicted molar refractivity (Wildman–Crippen MR) is 40.7 cm³/mol. The molecule has 0 saturated heterocycles. The van der Waals surface area contributed by atoms with E-state index in [-0.39, 0.29) is 6.17 Å². The van der Waals surface area contributed by atoms with Crippen molar-refractivity contribution in [1.82, 2.24) is 5.32 Å². The summed E-state index contributed by atoms with van der Waals surface area (Å²) in [6.45, 7) is 3.39. The summed E-state index contributed by atoms with van der Waals surface area (Å²) in [7, 11) is 0. The van der Waals surface area contributed by atoms with Gasteiger partial charge in [0.15, 0.2) is 0 Å². The fourth-order valence-electron chi connectivity index (χ4n) is 0.495. The number of nitrogens with two attached hydrogens (primary N) is 2. The van der Waals surface area contributed by atoms with Crippen LogP contribution in [0.3, 0.4) is 0 Å². The maximum atomic E-state index is 8.81. The van der Waals surface area contributed by atoms with E-state index < -0.39 is 6.23 Å². The van der Waals surface area contributed by atoms with E-state index in [0.29, 0.717) is 0 Å². The summed E-state index contributed by atoms with van der Waals surface area (Å²) < 4.78 is 0. The highest BCUT2D eigenvalue weighted by Gasteiger charge is 2.04. The van der Waals surface area contributed by atoms with E-state index in [1.165, 1.54) is 6.20 Å². The largest absolute Gasteiger partial charge is 0.405 e. The van der Waals surface area contributed by atoms with Crippen LogP contribution in [0.1, 0.15) is 13.8 Å². The van der Waals surface area contributed by atoms with Gasteiger partial charge in [-0.25, -0.2) is 0 Å². The summed E-state index contributed by atoms with van der Waals surface area (Å²) in [5.41, 5.74) is 11.5. The second kappa shape index (κ2) is 4.27. The van der Waals surface area contributed by atoms with Gasteiger partial charge in [0.1, 0.15) is 6.23 Å². The van der Waals surface area contributed by atoms with Crippen molar-refractivity contribution in [2.24, 2.45) is 11.5 Å². The molecule has 0 aliphatic carbocycles. The second-order valence-electron chi connectivity index (χ2n) is 2.23. The van der Waals surface area contributed by atoms with Crippen LogP contribution in [0.15, 0.2) is 11.8 Å². The van der Waals surface area contributed by atoms with Gasteiger partial charge in [-0.15, -0.1) is 0 Å². The number of hydrogen-bond acceptors (Lipinski definition) is 4. The monoisotopic (exact) mass is 145 g/mol.